The minimum absolute atomic E-state index is 0.0207. The van der Waals surface area contributed by atoms with Crippen LogP contribution >= 0.6 is 0 Å². The van der Waals surface area contributed by atoms with Gasteiger partial charge in [0.05, 0.1) is 0 Å². The van der Waals surface area contributed by atoms with Gasteiger partial charge in [-0.15, -0.1) is 0 Å². The van der Waals surface area contributed by atoms with E-state index in [2.05, 4.69) is 5.32 Å². The second-order valence-corrected chi connectivity index (χ2v) is 7.76. The Labute approximate surface area is 143 Å². The molecule has 3 fully saturated rings. The zero-order valence-corrected chi connectivity index (χ0v) is 14.2. The molecular formula is C20H26N2O2. The van der Waals surface area contributed by atoms with Crippen LogP contribution < -0.4 is 5.32 Å². The number of carbonyl (C=O) groups excluding carboxylic acids is 2. The predicted molar refractivity (Wildman–Crippen MR) is 92.4 cm³/mol. The highest BCUT2D eigenvalue weighted by Gasteiger charge is 2.39. The zero-order valence-electron chi connectivity index (χ0n) is 14.2. The average Bonchev–Trinajstić information content (AvgIpc) is 3.31. The number of likely N-dealkylation sites (tertiary alicyclic amines) is 1. The molecule has 1 heterocycles. The van der Waals surface area contributed by atoms with E-state index in [-0.39, 0.29) is 11.8 Å². The Bertz CT molecular complexity index is 642. The van der Waals surface area contributed by atoms with Crippen molar-refractivity contribution in [2.75, 3.05) is 13.1 Å². The van der Waals surface area contributed by atoms with Crippen molar-refractivity contribution < 1.29 is 9.59 Å². The van der Waals surface area contributed by atoms with Crippen LogP contribution in [0, 0.1) is 17.8 Å². The summed E-state index contributed by atoms with van der Waals surface area (Å²) in [7, 11) is 0. The van der Waals surface area contributed by atoms with Gasteiger partial charge >= 0.3 is 0 Å². The Morgan fingerprint density at radius 2 is 2.17 bits per heavy atom. The molecule has 2 saturated carbocycles. The molecule has 0 aromatic heterocycles. The van der Waals surface area contributed by atoms with Gasteiger partial charge in [0.25, 0.3) is 5.91 Å². The third kappa shape index (κ3) is 3.19. The molecule has 1 aromatic carbocycles. The van der Waals surface area contributed by atoms with Crippen molar-refractivity contribution in [2.45, 2.75) is 45.1 Å². The van der Waals surface area contributed by atoms with Crippen LogP contribution in [0.1, 0.15) is 54.4 Å². The molecule has 1 saturated heterocycles. The Morgan fingerprint density at radius 3 is 2.88 bits per heavy atom. The molecule has 128 valence electrons. The summed E-state index contributed by atoms with van der Waals surface area (Å²) >= 11 is 0. The molecule has 4 heteroatoms. The Kier molecular flexibility index (Phi) is 4.30. The number of amides is 2. The lowest BCUT2D eigenvalue weighted by molar-refractivity contribution is -0.128. The molecule has 2 aliphatic carbocycles. The molecule has 4 nitrogen and oxygen atoms in total. The number of hydrogen-bond acceptors (Lipinski definition) is 2. The molecule has 0 radical (unpaired) electrons. The first-order valence-corrected chi connectivity index (χ1v) is 9.34. The van der Waals surface area contributed by atoms with Crippen LogP contribution in [0.25, 0.3) is 0 Å². The lowest BCUT2D eigenvalue weighted by Gasteiger charge is -2.22. The van der Waals surface area contributed by atoms with Crippen molar-refractivity contribution >= 4 is 11.8 Å². The predicted octanol–water partition coefficient (Wildman–Crippen LogP) is 2.98. The van der Waals surface area contributed by atoms with Crippen LogP contribution in [-0.2, 0) is 11.3 Å². The van der Waals surface area contributed by atoms with E-state index in [1.807, 2.05) is 29.2 Å². The molecule has 0 spiro atoms. The van der Waals surface area contributed by atoms with Gasteiger partial charge in [0, 0.05) is 31.6 Å². The molecule has 3 aliphatic rings. The van der Waals surface area contributed by atoms with Gasteiger partial charge in [0.1, 0.15) is 0 Å². The van der Waals surface area contributed by atoms with Gasteiger partial charge in [0.2, 0.25) is 5.91 Å². The second kappa shape index (κ2) is 6.58. The molecule has 4 rings (SSSR count). The van der Waals surface area contributed by atoms with E-state index in [1.165, 1.54) is 25.7 Å². The first kappa shape index (κ1) is 15.7. The number of carbonyl (C=O) groups is 2. The number of benzene rings is 1. The van der Waals surface area contributed by atoms with Gasteiger partial charge in [-0.3, -0.25) is 9.59 Å². The molecule has 1 aromatic rings. The fourth-order valence-electron chi connectivity index (χ4n) is 4.85. The van der Waals surface area contributed by atoms with Gasteiger partial charge in [0.15, 0.2) is 0 Å². The van der Waals surface area contributed by atoms with Crippen LogP contribution in [0.4, 0.5) is 0 Å². The normalized spacial score (nSPS) is 28.6. The molecular weight excluding hydrogens is 300 g/mol. The minimum atomic E-state index is 0.0207. The zero-order chi connectivity index (χ0) is 16.5. The molecule has 1 N–H and O–H groups in total. The van der Waals surface area contributed by atoms with Crippen molar-refractivity contribution in [3.05, 3.63) is 35.4 Å². The van der Waals surface area contributed by atoms with E-state index >= 15 is 0 Å². The van der Waals surface area contributed by atoms with Gasteiger partial charge in [-0.25, -0.2) is 0 Å². The molecule has 1 aliphatic heterocycles. The highest BCUT2D eigenvalue weighted by Crippen LogP contribution is 2.47. The standard InChI is InChI=1S/C20H26N2O2/c23-19-5-2-8-22(19)13-15-3-1-4-17(11-15)20(24)21-12-18-10-14-6-7-16(18)9-14/h1,3-4,11,14,16,18H,2,5-10,12-13H2,(H,21,24). The van der Waals surface area contributed by atoms with Crippen LogP contribution in [-0.4, -0.2) is 29.8 Å². The summed E-state index contributed by atoms with van der Waals surface area (Å²) in [5.74, 6) is 2.67. The van der Waals surface area contributed by atoms with Gasteiger partial charge in [-0.05, 0) is 61.1 Å². The molecule has 3 unspecified atom stereocenters. The summed E-state index contributed by atoms with van der Waals surface area (Å²) < 4.78 is 0. The highest BCUT2D eigenvalue weighted by atomic mass is 16.2. The summed E-state index contributed by atoms with van der Waals surface area (Å²) in [5.41, 5.74) is 1.75. The van der Waals surface area contributed by atoms with E-state index in [0.29, 0.717) is 24.4 Å². The van der Waals surface area contributed by atoms with Crippen molar-refractivity contribution in [3.8, 4) is 0 Å². The van der Waals surface area contributed by atoms with Crippen LogP contribution in [0.15, 0.2) is 24.3 Å². The van der Waals surface area contributed by atoms with Crippen LogP contribution in [0.2, 0.25) is 0 Å². The quantitative estimate of drug-likeness (QED) is 0.904. The summed E-state index contributed by atoms with van der Waals surface area (Å²) in [4.78, 5) is 26.1. The van der Waals surface area contributed by atoms with E-state index < -0.39 is 0 Å². The minimum Gasteiger partial charge on any atom is -0.352 e. The van der Waals surface area contributed by atoms with Crippen LogP contribution in [0.5, 0.6) is 0 Å². The molecule has 24 heavy (non-hydrogen) atoms. The monoisotopic (exact) mass is 326 g/mol. The van der Waals surface area contributed by atoms with E-state index in [1.54, 1.807) is 0 Å². The largest absolute Gasteiger partial charge is 0.352 e. The van der Waals surface area contributed by atoms with E-state index in [9.17, 15) is 9.59 Å². The first-order valence-electron chi connectivity index (χ1n) is 9.34. The highest BCUT2D eigenvalue weighted by molar-refractivity contribution is 5.94. The molecule has 2 amide bonds. The maximum absolute atomic E-state index is 12.5. The number of rotatable bonds is 5. The fourth-order valence-corrected chi connectivity index (χ4v) is 4.85. The third-order valence-corrected chi connectivity index (χ3v) is 6.14. The van der Waals surface area contributed by atoms with Gasteiger partial charge in [-0.1, -0.05) is 18.6 Å². The number of nitrogens with one attached hydrogen (secondary N) is 1. The topological polar surface area (TPSA) is 49.4 Å². The Balaban J connectivity index is 1.34. The summed E-state index contributed by atoms with van der Waals surface area (Å²) in [6.45, 7) is 2.26. The van der Waals surface area contributed by atoms with Crippen molar-refractivity contribution in [2.24, 2.45) is 17.8 Å². The fraction of sp³-hybridized carbons (Fsp3) is 0.600. The lowest BCUT2D eigenvalue weighted by Crippen LogP contribution is -2.31. The third-order valence-electron chi connectivity index (χ3n) is 6.14. The van der Waals surface area contributed by atoms with E-state index in [0.717, 1.165) is 36.9 Å². The van der Waals surface area contributed by atoms with Gasteiger partial charge in [-0.2, -0.15) is 0 Å². The average molecular weight is 326 g/mol. The second-order valence-electron chi connectivity index (χ2n) is 7.76. The molecule has 2 bridgehead atoms. The maximum Gasteiger partial charge on any atom is 0.251 e. The smallest absolute Gasteiger partial charge is 0.251 e. The number of hydrogen-bond donors (Lipinski definition) is 1. The number of fused-ring (bicyclic) bond motifs is 2. The Morgan fingerprint density at radius 1 is 1.25 bits per heavy atom. The van der Waals surface area contributed by atoms with Crippen molar-refractivity contribution in [3.63, 3.8) is 0 Å². The Hall–Kier alpha value is -1.84. The lowest BCUT2D eigenvalue weighted by atomic mass is 9.89. The first-order chi connectivity index (χ1) is 11.7. The van der Waals surface area contributed by atoms with Gasteiger partial charge < -0.3 is 10.2 Å². The summed E-state index contributed by atoms with van der Waals surface area (Å²) in [6, 6.07) is 7.72. The van der Waals surface area contributed by atoms with Crippen molar-refractivity contribution in [1.82, 2.24) is 10.2 Å². The summed E-state index contributed by atoms with van der Waals surface area (Å²) in [5, 5.41) is 3.14. The maximum atomic E-state index is 12.5. The van der Waals surface area contributed by atoms with E-state index in [4.69, 9.17) is 0 Å². The SMILES string of the molecule is O=C(NCC1CC2CCC1C2)c1cccc(CN2CCCC2=O)c1. The summed E-state index contributed by atoms with van der Waals surface area (Å²) in [6.07, 6.45) is 7.02. The molecule has 3 atom stereocenters. The van der Waals surface area contributed by atoms with Crippen LogP contribution in [0.3, 0.4) is 0 Å². The number of nitrogens with zero attached hydrogens (tertiary/aromatic N) is 1. The van der Waals surface area contributed by atoms with Crippen molar-refractivity contribution in [1.29, 1.82) is 0 Å².